The summed E-state index contributed by atoms with van der Waals surface area (Å²) in [6.07, 6.45) is 0.870. The van der Waals surface area contributed by atoms with Gasteiger partial charge in [0, 0.05) is 5.33 Å². The molecule has 16 heavy (non-hydrogen) atoms. The Balaban J connectivity index is 0. The first kappa shape index (κ1) is 19.1. The van der Waals surface area contributed by atoms with Gasteiger partial charge in [-0.1, -0.05) is 15.9 Å². The molecule has 0 spiro atoms. The van der Waals surface area contributed by atoms with Crippen LogP contribution in [0.4, 0.5) is 8.78 Å². The number of alkyl halides is 3. The number of rotatable bonds is 6. The van der Waals surface area contributed by atoms with Crippen LogP contribution in [0.25, 0.3) is 0 Å². The summed E-state index contributed by atoms with van der Waals surface area (Å²) >= 11 is 3.05. The van der Waals surface area contributed by atoms with E-state index in [1.54, 1.807) is 0 Å². The summed E-state index contributed by atoms with van der Waals surface area (Å²) in [6.45, 7) is -0.352. The normalized spacial score (nSPS) is 11.8. The van der Waals surface area contributed by atoms with Crippen LogP contribution >= 0.6 is 15.9 Å². The molecule has 5 nitrogen and oxygen atoms in total. The van der Waals surface area contributed by atoms with E-state index in [-0.39, 0.29) is 36.2 Å². The van der Waals surface area contributed by atoms with E-state index in [1.807, 2.05) is 0 Å². The van der Waals surface area contributed by atoms with E-state index in [1.165, 1.54) is 0 Å². The molecule has 0 aliphatic heterocycles. The molecule has 90 valence electrons. The van der Waals surface area contributed by atoms with Crippen LogP contribution in [0.1, 0.15) is 12.8 Å². The Labute approximate surface area is 122 Å². The van der Waals surface area contributed by atoms with Crippen molar-refractivity contribution in [1.29, 1.82) is 0 Å². The molecule has 0 rings (SSSR count). The van der Waals surface area contributed by atoms with Gasteiger partial charge >= 0.3 is 40.8 Å². The fourth-order valence-corrected chi connectivity index (χ4v) is 1.21. The monoisotopic (exact) mass is 332 g/mol. The zero-order valence-corrected chi connectivity index (χ0v) is 12.8. The molecule has 0 aromatic carbocycles. The molecule has 0 atom stereocenters. The second-order valence-electron chi connectivity index (χ2n) is 2.50. The molecule has 0 heterocycles. The number of carbonyl (C=O) groups excluding carboxylic acids is 1. The van der Waals surface area contributed by atoms with Gasteiger partial charge in [0.05, 0.1) is 6.61 Å². The molecule has 0 saturated heterocycles. The van der Waals surface area contributed by atoms with Crippen LogP contribution in [0.15, 0.2) is 0 Å². The van der Waals surface area contributed by atoms with Crippen molar-refractivity contribution in [3.05, 3.63) is 0 Å². The number of carbonyl (C=O) groups is 1. The van der Waals surface area contributed by atoms with E-state index in [9.17, 15) is 26.5 Å². The largest absolute Gasteiger partial charge is 1.00 e. The summed E-state index contributed by atoms with van der Waals surface area (Å²) in [5.41, 5.74) is 0. The minimum Gasteiger partial charge on any atom is -0.743 e. The summed E-state index contributed by atoms with van der Waals surface area (Å²) in [5.74, 6) is -2.33. The van der Waals surface area contributed by atoms with Gasteiger partial charge in [0.1, 0.15) is 0 Å². The van der Waals surface area contributed by atoms with Crippen molar-refractivity contribution in [1.82, 2.24) is 0 Å². The number of hydrogen-bond acceptors (Lipinski definition) is 5. The summed E-state index contributed by atoms with van der Waals surface area (Å²) in [5, 5.41) is -4.41. The van der Waals surface area contributed by atoms with Gasteiger partial charge in [-0.3, -0.25) is 0 Å². The van der Waals surface area contributed by atoms with Gasteiger partial charge in [-0.15, -0.1) is 0 Å². The Morgan fingerprint density at radius 2 is 1.88 bits per heavy atom. The van der Waals surface area contributed by atoms with Gasteiger partial charge in [-0.25, -0.2) is 13.2 Å². The fourth-order valence-electron chi connectivity index (χ4n) is 0.547. The SMILES string of the molecule is O=C(OCCCCBr)C(F)(F)S(=O)(=O)[O-].[Na+]. The summed E-state index contributed by atoms with van der Waals surface area (Å²) in [4.78, 5) is 10.5. The maximum absolute atomic E-state index is 12.4. The summed E-state index contributed by atoms with van der Waals surface area (Å²) in [6, 6.07) is 0. The third-order valence-electron chi connectivity index (χ3n) is 1.31. The molecule has 10 heteroatoms. The Morgan fingerprint density at radius 1 is 1.38 bits per heavy atom. The number of halogens is 3. The van der Waals surface area contributed by atoms with Crippen molar-refractivity contribution in [2.75, 3.05) is 11.9 Å². The van der Waals surface area contributed by atoms with Crippen molar-refractivity contribution in [2.45, 2.75) is 18.1 Å². The molecule has 0 radical (unpaired) electrons. The smallest absolute Gasteiger partial charge is 0.743 e. The van der Waals surface area contributed by atoms with E-state index < -0.39 is 21.3 Å². The van der Waals surface area contributed by atoms with Crippen LogP contribution in [0.3, 0.4) is 0 Å². The van der Waals surface area contributed by atoms with Crippen LogP contribution in [-0.2, 0) is 19.6 Å². The van der Waals surface area contributed by atoms with E-state index in [0.717, 1.165) is 0 Å². The maximum atomic E-state index is 12.4. The van der Waals surface area contributed by atoms with Crippen LogP contribution in [0.2, 0.25) is 0 Å². The molecule has 0 aromatic heterocycles. The Hall–Kier alpha value is 0.720. The van der Waals surface area contributed by atoms with Gasteiger partial charge < -0.3 is 9.29 Å². The Kier molecular flexibility index (Phi) is 9.46. The molecule has 0 aliphatic carbocycles. The first-order chi connectivity index (χ1) is 6.73. The van der Waals surface area contributed by atoms with E-state index in [4.69, 9.17) is 0 Å². The van der Waals surface area contributed by atoms with Crippen LogP contribution in [-0.4, -0.2) is 36.1 Å². The van der Waals surface area contributed by atoms with Crippen molar-refractivity contribution in [3.63, 3.8) is 0 Å². The maximum Gasteiger partial charge on any atom is 1.00 e. The van der Waals surface area contributed by atoms with Gasteiger partial charge in [0.15, 0.2) is 10.1 Å². The number of esters is 1. The van der Waals surface area contributed by atoms with Crippen LogP contribution in [0, 0.1) is 0 Å². The zero-order chi connectivity index (χ0) is 12.1. The Morgan fingerprint density at radius 3 is 2.25 bits per heavy atom. The third kappa shape index (κ3) is 5.87. The van der Waals surface area contributed by atoms with E-state index in [2.05, 4.69) is 20.7 Å². The predicted octanol–water partition coefficient (Wildman–Crippen LogP) is -2.15. The second kappa shape index (κ2) is 7.93. The quantitative estimate of drug-likeness (QED) is 0.182. The van der Waals surface area contributed by atoms with Crippen LogP contribution < -0.4 is 29.6 Å². The van der Waals surface area contributed by atoms with Gasteiger partial charge in [0.25, 0.3) is 0 Å². The van der Waals surface area contributed by atoms with Gasteiger partial charge in [-0.05, 0) is 12.8 Å². The molecule has 0 aromatic rings. The van der Waals surface area contributed by atoms with Gasteiger partial charge in [-0.2, -0.15) is 8.78 Å². The number of unbranched alkanes of at least 4 members (excludes halogenated alkanes) is 1. The average Bonchev–Trinajstić information content (AvgIpc) is 2.10. The van der Waals surface area contributed by atoms with E-state index >= 15 is 0 Å². The molecule has 0 N–H and O–H groups in total. The molecule has 0 bridgehead atoms. The van der Waals surface area contributed by atoms with Gasteiger partial charge in [0.2, 0.25) is 0 Å². The van der Waals surface area contributed by atoms with Crippen molar-refractivity contribution in [2.24, 2.45) is 0 Å². The molecule has 0 amide bonds. The number of hydrogen-bond donors (Lipinski definition) is 0. The summed E-state index contributed by atoms with van der Waals surface area (Å²) in [7, 11) is -6.01. The van der Waals surface area contributed by atoms with E-state index in [0.29, 0.717) is 18.2 Å². The standard InChI is InChI=1S/C6H9BrF2O5S.Na/c7-3-1-2-4-14-5(10)6(8,9)15(11,12)13;/h1-4H2,(H,11,12,13);/q;+1/p-1. The topological polar surface area (TPSA) is 83.5 Å². The first-order valence-electron chi connectivity index (χ1n) is 3.80. The molecular weight excluding hydrogens is 325 g/mol. The average molecular weight is 333 g/mol. The van der Waals surface area contributed by atoms with Crippen molar-refractivity contribution < 1.29 is 60.8 Å². The third-order valence-corrected chi connectivity index (χ3v) is 2.67. The molecule has 0 fully saturated rings. The first-order valence-corrected chi connectivity index (χ1v) is 6.33. The number of ether oxygens (including phenoxy) is 1. The molecular formula is C6H8BrF2NaO5S. The van der Waals surface area contributed by atoms with Crippen molar-refractivity contribution >= 4 is 32.0 Å². The molecule has 0 saturated carbocycles. The minimum absolute atomic E-state index is 0. The zero-order valence-electron chi connectivity index (χ0n) is 8.41. The fraction of sp³-hybridized carbons (Fsp3) is 0.833. The summed E-state index contributed by atoms with van der Waals surface area (Å²) < 4.78 is 58.8. The minimum atomic E-state index is -6.01. The predicted molar refractivity (Wildman–Crippen MR) is 48.6 cm³/mol. The molecule has 0 aliphatic rings. The second-order valence-corrected chi connectivity index (χ2v) is 4.72. The van der Waals surface area contributed by atoms with Crippen molar-refractivity contribution in [3.8, 4) is 0 Å². The molecule has 0 unspecified atom stereocenters. The van der Waals surface area contributed by atoms with Crippen LogP contribution in [0.5, 0.6) is 0 Å². The Bertz CT molecular complexity index is 321.